The maximum Gasteiger partial charge on any atom is 0.277 e. The molecular formula is C25H24FN5O2. The number of amides is 1. The largest absolute Gasteiger partial charge is 0.312 e. The number of carbonyl (C=O) groups excluding carboxylic acids is 1. The standard InChI is InChI=1S/C25H24FN5O2/c1-2-3-15-31-22(32)14-13-21(29-31)25(33)28-24-23(19-9-11-20(26)12-10-19)27-17-30(24)16-18-7-5-4-6-8-18/h4-14,17H,2-3,15-16H2,1H3,(H,28,33). The number of benzene rings is 2. The Hall–Kier alpha value is -4.07. The fraction of sp³-hybridized carbons (Fsp3) is 0.200. The monoisotopic (exact) mass is 445 g/mol. The number of aromatic nitrogens is 4. The number of nitrogens with one attached hydrogen (secondary N) is 1. The first-order valence-corrected chi connectivity index (χ1v) is 10.8. The molecule has 0 saturated carbocycles. The van der Waals surface area contributed by atoms with E-state index in [0.717, 1.165) is 18.4 Å². The van der Waals surface area contributed by atoms with E-state index < -0.39 is 5.91 Å². The first-order valence-electron chi connectivity index (χ1n) is 10.8. The summed E-state index contributed by atoms with van der Waals surface area (Å²) < 4.78 is 16.6. The third-order valence-corrected chi connectivity index (χ3v) is 5.21. The Kier molecular flexibility index (Phi) is 6.73. The van der Waals surface area contributed by atoms with E-state index >= 15 is 0 Å². The molecule has 0 saturated heterocycles. The topological polar surface area (TPSA) is 81.8 Å². The Bertz CT molecular complexity index is 1300. The smallest absolute Gasteiger partial charge is 0.277 e. The number of rotatable bonds is 8. The van der Waals surface area contributed by atoms with Crippen LogP contribution in [0.25, 0.3) is 11.3 Å². The van der Waals surface area contributed by atoms with Crippen LogP contribution in [0.3, 0.4) is 0 Å². The van der Waals surface area contributed by atoms with Gasteiger partial charge in [-0.1, -0.05) is 43.7 Å². The summed E-state index contributed by atoms with van der Waals surface area (Å²) in [5, 5.41) is 7.13. The molecule has 0 aliphatic rings. The van der Waals surface area contributed by atoms with Gasteiger partial charge in [0.15, 0.2) is 0 Å². The number of nitrogens with zero attached hydrogens (tertiary/aromatic N) is 4. The van der Waals surface area contributed by atoms with Crippen molar-refractivity contribution in [3.05, 3.63) is 100 Å². The molecule has 2 heterocycles. The molecule has 0 unspecified atom stereocenters. The minimum Gasteiger partial charge on any atom is -0.312 e. The predicted molar refractivity (Wildman–Crippen MR) is 125 cm³/mol. The van der Waals surface area contributed by atoms with Gasteiger partial charge in [0.05, 0.1) is 12.9 Å². The number of imidazole rings is 1. The average molecular weight is 445 g/mol. The fourth-order valence-corrected chi connectivity index (χ4v) is 3.44. The van der Waals surface area contributed by atoms with Gasteiger partial charge >= 0.3 is 0 Å². The van der Waals surface area contributed by atoms with Gasteiger partial charge in [-0.15, -0.1) is 0 Å². The van der Waals surface area contributed by atoms with E-state index in [2.05, 4.69) is 15.4 Å². The first-order chi connectivity index (χ1) is 16.0. The molecule has 0 spiro atoms. The minimum absolute atomic E-state index is 0.128. The van der Waals surface area contributed by atoms with Gasteiger partial charge in [-0.3, -0.25) is 9.59 Å². The molecule has 2 aromatic heterocycles. The van der Waals surface area contributed by atoms with Crippen LogP contribution in [0.4, 0.5) is 10.2 Å². The zero-order valence-electron chi connectivity index (χ0n) is 18.2. The summed E-state index contributed by atoms with van der Waals surface area (Å²) >= 11 is 0. The predicted octanol–water partition coefficient (Wildman–Crippen LogP) is 4.35. The van der Waals surface area contributed by atoms with Crippen LogP contribution in [-0.4, -0.2) is 25.2 Å². The molecule has 1 amide bonds. The van der Waals surface area contributed by atoms with Crippen molar-refractivity contribution in [2.75, 3.05) is 5.32 Å². The van der Waals surface area contributed by atoms with Crippen LogP contribution in [0.15, 0.2) is 77.9 Å². The second kappa shape index (κ2) is 10.0. The number of aryl methyl sites for hydroxylation is 1. The quantitative estimate of drug-likeness (QED) is 0.437. The van der Waals surface area contributed by atoms with Gasteiger partial charge in [-0.2, -0.15) is 5.10 Å². The van der Waals surface area contributed by atoms with Gasteiger partial charge in [-0.05, 0) is 42.3 Å². The zero-order chi connectivity index (χ0) is 23.2. The SMILES string of the molecule is CCCCn1nc(C(=O)Nc2c(-c3ccc(F)cc3)ncn2Cc2ccccc2)ccc1=O. The Morgan fingerprint density at radius 3 is 2.52 bits per heavy atom. The lowest BCUT2D eigenvalue weighted by Crippen LogP contribution is -2.26. The van der Waals surface area contributed by atoms with Crippen molar-refractivity contribution in [3.8, 4) is 11.3 Å². The van der Waals surface area contributed by atoms with Crippen molar-refractivity contribution >= 4 is 11.7 Å². The fourth-order valence-electron chi connectivity index (χ4n) is 3.44. The lowest BCUT2D eigenvalue weighted by molar-refractivity contribution is 0.101. The maximum atomic E-state index is 13.5. The van der Waals surface area contributed by atoms with Crippen LogP contribution in [0.1, 0.15) is 35.8 Å². The molecular weight excluding hydrogens is 421 g/mol. The van der Waals surface area contributed by atoms with Gasteiger partial charge in [0, 0.05) is 18.2 Å². The van der Waals surface area contributed by atoms with Gasteiger partial charge in [0.25, 0.3) is 11.5 Å². The van der Waals surface area contributed by atoms with E-state index in [9.17, 15) is 14.0 Å². The van der Waals surface area contributed by atoms with E-state index in [1.807, 2.05) is 41.8 Å². The molecule has 4 aromatic rings. The van der Waals surface area contributed by atoms with Gasteiger partial charge < -0.3 is 9.88 Å². The lowest BCUT2D eigenvalue weighted by atomic mass is 10.1. The number of hydrogen-bond acceptors (Lipinski definition) is 4. The van der Waals surface area contributed by atoms with E-state index in [-0.39, 0.29) is 17.1 Å². The van der Waals surface area contributed by atoms with Crippen molar-refractivity contribution in [1.29, 1.82) is 0 Å². The number of hydrogen-bond donors (Lipinski definition) is 1. The van der Waals surface area contributed by atoms with E-state index in [0.29, 0.717) is 30.2 Å². The summed E-state index contributed by atoms with van der Waals surface area (Å²) in [4.78, 5) is 29.6. The minimum atomic E-state index is -0.460. The van der Waals surface area contributed by atoms with Gasteiger partial charge in [0.1, 0.15) is 23.0 Å². The van der Waals surface area contributed by atoms with Crippen molar-refractivity contribution in [2.24, 2.45) is 0 Å². The molecule has 0 bridgehead atoms. The molecule has 7 nitrogen and oxygen atoms in total. The Morgan fingerprint density at radius 1 is 1.03 bits per heavy atom. The summed E-state index contributed by atoms with van der Waals surface area (Å²) in [5.41, 5.74) is 2.09. The number of unbranched alkanes of at least 4 members (excludes halogenated alkanes) is 1. The molecule has 0 atom stereocenters. The molecule has 1 N–H and O–H groups in total. The molecule has 0 aliphatic heterocycles. The summed E-state index contributed by atoms with van der Waals surface area (Å²) in [6, 6.07) is 18.5. The normalized spacial score (nSPS) is 10.8. The van der Waals surface area contributed by atoms with E-state index in [1.165, 1.54) is 28.9 Å². The molecule has 0 radical (unpaired) electrons. The third kappa shape index (κ3) is 5.23. The van der Waals surface area contributed by atoms with Crippen LogP contribution in [0, 0.1) is 5.82 Å². The molecule has 0 aliphatic carbocycles. The highest BCUT2D eigenvalue weighted by Crippen LogP contribution is 2.28. The summed E-state index contributed by atoms with van der Waals surface area (Å²) in [7, 11) is 0. The first kappa shape index (κ1) is 22.1. The van der Waals surface area contributed by atoms with Crippen LogP contribution >= 0.6 is 0 Å². The molecule has 168 valence electrons. The number of carbonyl (C=O) groups is 1. The van der Waals surface area contributed by atoms with Crippen LogP contribution in [-0.2, 0) is 13.1 Å². The second-order valence-corrected chi connectivity index (χ2v) is 7.65. The molecule has 4 rings (SSSR count). The van der Waals surface area contributed by atoms with Crippen molar-refractivity contribution in [3.63, 3.8) is 0 Å². The molecule has 33 heavy (non-hydrogen) atoms. The zero-order valence-corrected chi connectivity index (χ0v) is 18.2. The summed E-state index contributed by atoms with van der Waals surface area (Å²) in [6.07, 6.45) is 3.33. The second-order valence-electron chi connectivity index (χ2n) is 7.65. The number of anilines is 1. The Balaban J connectivity index is 1.69. The lowest BCUT2D eigenvalue weighted by Gasteiger charge is -2.12. The van der Waals surface area contributed by atoms with Crippen LogP contribution in [0.2, 0.25) is 0 Å². The third-order valence-electron chi connectivity index (χ3n) is 5.21. The van der Waals surface area contributed by atoms with Gasteiger partial charge in [0.2, 0.25) is 0 Å². The van der Waals surface area contributed by atoms with Crippen LogP contribution < -0.4 is 10.9 Å². The summed E-state index contributed by atoms with van der Waals surface area (Å²) in [6.45, 7) is 2.95. The summed E-state index contributed by atoms with van der Waals surface area (Å²) in [5.74, 6) is -0.353. The maximum absolute atomic E-state index is 13.5. The van der Waals surface area contributed by atoms with Gasteiger partial charge in [-0.25, -0.2) is 14.1 Å². The van der Waals surface area contributed by atoms with E-state index in [4.69, 9.17) is 0 Å². The average Bonchev–Trinajstić information content (AvgIpc) is 3.21. The molecule has 0 fully saturated rings. The van der Waals surface area contributed by atoms with Crippen molar-refractivity contribution in [2.45, 2.75) is 32.9 Å². The van der Waals surface area contributed by atoms with Crippen LogP contribution in [0.5, 0.6) is 0 Å². The highest BCUT2D eigenvalue weighted by molar-refractivity contribution is 6.04. The van der Waals surface area contributed by atoms with E-state index in [1.54, 1.807) is 18.5 Å². The van der Waals surface area contributed by atoms with Crippen molar-refractivity contribution < 1.29 is 9.18 Å². The highest BCUT2D eigenvalue weighted by atomic mass is 19.1. The van der Waals surface area contributed by atoms with Crippen molar-refractivity contribution in [1.82, 2.24) is 19.3 Å². The number of halogens is 1. The molecule has 8 heteroatoms. The molecule has 2 aromatic carbocycles. The highest BCUT2D eigenvalue weighted by Gasteiger charge is 2.18. The Morgan fingerprint density at radius 2 is 1.79 bits per heavy atom. The Labute approximate surface area is 190 Å².